The van der Waals surface area contributed by atoms with Crippen molar-refractivity contribution >= 4 is 39.1 Å². The molecule has 0 fully saturated rings. The number of carbonyl (C=O) groups excluding carboxylic acids is 3. The molecule has 0 spiro atoms. The summed E-state index contributed by atoms with van der Waals surface area (Å²) in [6, 6.07) is 19.9. The second-order valence-corrected chi connectivity index (χ2v) is 16.3. The first-order valence-electron chi connectivity index (χ1n) is 17.5. The molecule has 0 radical (unpaired) electrons. The fourth-order valence-electron chi connectivity index (χ4n) is 7.71. The third kappa shape index (κ3) is 7.18. The molecule has 0 aromatic heterocycles. The Labute approximate surface area is 304 Å². The van der Waals surface area contributed by atoms with Crippen LogP contribution in [0.5, 0.6) is 11.5 Å². The molecule has 0 atom stereocenters. The van der Waals surface area contributed by atoms with Gasteiger partial charge in [-0.15, -0.1) is 0 Å². The fourth-order valence-corrected chi connectivity index (χ4v) is 8.28. The van der Waals surface area contributed by atoms with E-state index in [0.29, 0.717) is 53.1 Å². The number of ether oxygens (including phenoxy) is 2. The minimum Gasteiger partial charge on any atom is -0.490 e. The molecule has 1 aliphatic heterocycles. The Morgan fingerprint density at radius 2 is 1.48 bits per heavy atom. The molecule has 3 aromatic rings. The molecule has 50 heavy (non-hydrogen) atoms. The third-order valence-corrected chi connectivity index (χ3v) is 10.7. The van der Waals surface area contributed by atoms with Crippen LogP contribution < -0.4 is 14.8 Å². The lowest BCUT2D eigenvalue weighted by Gasteiger charge is -2.49. The van der Waals surface area contributed by atoms with Crippen molar-refractivity contribution in [1.29, 1.82) is 0 Å². The summed E-state index contributed by atoms with van der Waals surface area (Å²) in [4.78, 5) is 44.0. The van der Waals surface area contributed by atoms with Gasteiger partial charge in [0.15, 0.2) is 29.7 Å². The van der Waals surface area contributed by atoms with Crippen LogP contribution in [-0.2, 0) is 20.9 Å². The van der Waals surface area contributed by atoms with E-state index < -0.39 is 5.92 Å². The summed E-state index contributed by atoms with van der Waals surface area (Å²) >= 11 is 3.72. The fraction of sp³-hybridized carbons (Fsp3) is 0.405. The van der Waals surface area contributed by atoms with E-state index in [-0.39, 0.29) is 34.9 Å². The smallest absolute Gasteiger partial charge is 0.262 e. The zero-order valence-corrected chi connectivity index (χ0v) is 31.8. The summed E-state index contributed by atoms with van der Waals surface area (Å²) in [5.74, 6) is 0.139. The van der Waals surface area contributed by atoms with Gasteiger partial charge in [0.05, 0.1) is 11.1 Å². The van der Waals surface area contributed by atoms with Crippen LogP contribution in [0.25, 0.3) is 0 Å². The summed E-state index contributed by atoms with van der Waals surface area (Å²) in [5.41, 5.74) is 7.68. The van der Waals surface area contributed by atoms with Crippen LogP contribution in [0.15, 0.2) is 87.7 Å². The Morgan fingerprint density at radius 3 is 2.08 bits per heavy atom. The van der Waals surface area contributed by atoms with Gasteiger partial charge >= 0.3 is 0 Å². The second kappa shape index (κ2) is 13.9. The topological polar surface area (TPSA) is 84.9 Å². The van der Waals surface area contributed by atoms with Gasteiger partial charge in [0.25, 0.3) is 5.91 Å². The van der Waals surface area contributed by atoms with Gasteiger partial charge in [-0.25, -0.2) is 0 Å². The van der Waals surface area contributed by atoms with E-state index in [1.807, 2.05) is 69.3 Å². The quantitative estimate of drug-likeness (QED) is 0.236. The van der Waals surface area contributed by atoms with Crippen molar-refractivity contribution in [3.63, 3.8) is 0 Å². The molecule has 0 saturated carbocycles. The van der Waals surface area contributed by atoms with Crippen molar-refractivity contribution in [2.24, 2.45) is 10.8 Å². The maximum Gasteiger partial charge on any atom is 0.262 e. The number of anilines is 1. The molecule has 0 saturated heterocycles. The lowest BCUT2D eigenvalue weighted by molar-refractivity contribution is -0.120. The number of hydrogen-bond donors (Lipinski definition) is 1. The van der Waals surface area contributed by atoms with Crippen LogP contribution in [0.4, 0.5) is 5.69 Å². The molecule has 1 amide bonds. The van der Waals surface area contributed by atoms with Gasteiger partial charge in [0.1, 0.15) is 0 Å². The zero-order chi connectivity index (χ0) is 36.0. The lowest BCUT2D eigenvalue weighted by atomic mass is 9.63. The molecule has 8 heteroatoms. The van der Waals surface area contributed by atoms with Gasteiger partial charge in [-0.1, -0.05) is 70.2 Å². The first-order chi connectivity index (χ1) is 23.7. The van der Waals surface area contributed by atoms with Crippen LogP contribution in [0.1, 0.15) is 88.5 Å². The highest BCUT2D eigenvalue weighted by atomic mass is 79.9. The van der Waals surface area contributed by atoms with Crippen molar-refractivity contribution in [2.75, 3.05) is 18.5 Å². The molecule has 1 heterocycles. The van der Waals surface area contributed by atoms with E-state index in [1.54, 1.807) is 0 Å². The Balaban J connectivity index is 1.43. The molecular weight excluding hydrogens is 692 g/mol. The first-order valence-corrected chi connectivity index (χ1v) is 18.3. The summed E-state index contributed by atoms with van der Waals surface area (Å²) < 4.78 is 12.8. The number of amides is 1. The number of halogens is 1. The van der Waals surface area contributed by atoms with Crippen LogP contribution in [0, 0.1) is 24.7 Å². The summed E-state index contributed by atoms with van der Waals surface area (Å²) in [7, 11) is 0. The molecule has 3 aliphatic rings. The van der Waals surface area contributed by atoms with Crippen molar-refractivity contribution in [3.05, 3.63) is 110 Å². The lowest BCUT2D eigenvalue weighted by Crippen LogP contribution is -2.44. The van der Waals surface area contributed by atoms with E-state index in [0.717, 1.165) is 52.2 Å². The van der Waals surface area contributed by atoms with Crippen LogP contribution in [0.3, 0.4) is 0 Å². The summed E-state index contributed by atoms with van der Waals surface area (Å²) in [6.45, 7) is 15.2. The van der Waals surface area contributed by atoms with Gasteiger partial charge in [-0.05, 0) is 101 Å². The number of rotatable bonds is 9. The number of aryl methyl sites for hydroxylation is 1. The number of allylic oxidation sites excluding steroid dienone is 4. The average molecular weight is 740 g/mol. The number of benzene rings is 3. The standard InChI is InChI=1S/C42H47BrN2O5/c1-8-49-35-18-28(17-29(43)40(35)50-24-36(48)44-30-16-12-13-25(2)26(30)3)37-38-31(19-41(4,5)21-33(38)46)45(23-27-14-10-9-11-15-27)32-20-42(6,7)22-34(47)39(32)37/h9-18,37H,8,19-24H2,1-7H3,(H,44,48). The van der Waals surface area contributed by atoms with Gasteiger partial charge in [-0.2, -0.15) is 0 Å². The van der Waals surface area contributed by atoms with E-state index in [9.17, 15) is 14.4 Å². The van der Waals surface area contributed by atoms with E-state index >= 15 is 0 Å². The molecule has 1 N–H and O–H groups in total. The maximum atomic E-state index is 14.3. The Bertz CT molecular complexity index is 1870. The Kier molecular flexibility index (Phi) is 9.88. The van der Waals surface area contributed by atoms with Crippen LogP contribution >= 0.6 is 15.9 Å². The molecule has 7 nitrogen and oxygen atoms in total. The zero-order valence-electron chi connectivity index (χ0n) is 30.2. The summed E-state index contributed by atoms with van der Waals surface area (Å²) in [5, 5.41) is 2.95. The largest absolute Gasteiger partial charge is 0.490 e. The van der Waals surface area contributed by atoms with Crippen molar-refractivity contribution in [3.8, 4) is 11.5 Å². The normalized spacial score (nSPS) is 18.5. The van der Waals surface area contributed by atoms with Gasteiger partial charge < -0.3 is 19.7 Å². The van der Waals surface area contributed by atoms with E-state index in [2.05, 4.69) is 66.0 Å². The Hall–Kier alpha value is -4.17. The van der Waals surface area contributed by atoms with Crippen LogP contribution in [-0.4, -0.2) is 35.6 Å². The number of Topliss-reactive ketones (excluding diaryl/α,β-unsaturated/α-hetero) is 2. The monoisotopic (exact) mass is 738 g/mol. The highest BCUT2D eigenvalue weighted by Crippen LogP contribution is 2.56. The minimum atomic E-state index is -0.545. The highest BCUT2D eigenvalue weighted by Gasteiger charge is 2.49. The molecule has 262 valence electrons. The number of carbonyl (C=O) groups is 3. The third-order valence-electron chi connectivity index (χ3n) is 10.1. The van der Waals surface area contributed by atoms with E-state index in [1.165, 1.54) is 0 Å². The SMILES string of the molecule is CCOc1cc(C2C3=C(CC(C)(C)CC3=O)N(Cc3ccccc3)C3=C2C(=O)CC(C)(C)C3)cc(Br)c1OCC(=O)Nc1cccc(C)c1C. The molecule has 3 aromatic carbocycles. The minimum absolute atomic E-state index is 0.0704. The molecule has 6 rings (SSSR count). The molecule has 0 bridgehead atoms. The van der Waals surface area contributed by atoms with Crippen LogP contribution in [0.2, 0.25) is 0 Å². The first kappa shape index (κ1) is 35.6. The molecular formula is C42H47BrN2O5. The van der Waals surface area contributed by atoms with Gasteiger partial charge in [0.2, 0.25) is 0 Å². The number of nitrogens with one attached hydrogen (secondary N) is 1. The Morgan fingerprint density at radius 1 is 0.860 bits per heavy atom. The number of nitrogens with zero attached hydrogens (tertiary/aromatic N) is 1. The number of ketones is 2. The highest BCUT2D eigenvalue weighted by molar-refractivity contribution is 9.10. The molecule has 0 unspecified atom stereocenters. The number of hydrogen-bond acceptors (Lipinski definition) is 6. The van der Waals surface area contributed by atoms with Crippen molar-refractivity contribution in [2.45, 2.75) is 86.6 Å². The van der Waals surface area contributed by atoms with Gasteiger partial charge in [-0.3, -0.25) is 14.4 Å². The second-order valence-electron chi connectivity index (χ2n) is 15.5. The average Bonchev–Trinajstić information content (AvgIpc) is 3.03. The summed E-state index contributed by atoms with van der Waals surface area (Å²) in [6.07, 6.45) is 2.25. The van der Waals surface area contributed by atoms with Crippen molar-refractivity contribution in [1.82, 2.24) is 4.90 Å². The van der Waals surface area contributed by atoms with E-state index in [4.69, 9.17) is 9.47 Å². The predicted octanol–water partition coefficient (Wildman–Crippen LogP) is 9.37. The van der Waals surface area contributed by atoms with Crippen molar-refractivity contribution < 1.29 is 23.9 Å². The maximum absolute atomic E-state index is 14.3. The van der Waals surface area contributed by atoms with Gasteiger partial charge in [0, 0.05) is 53.5 Å². The molecule has 2 aliphatic carbocycles. The predicted molar refractivity (Wildman–Crippen MR) is 200 cm³/mol.